The fraction of sp³-hybridized carbons (Fsp3) is 0.125. The molecule has 0 heterocycles. The van der Waals surface area contributed by atoms with Crippen molar-refractivity contribution in [3.63, 3.8) is 0 Å². The van der Waals surface area contributed by atoms with Gasteiger partial charge in [0.15, 0.2) is 0 Å². The van der Waals surface area contributed by atoms with Gasteiger partial charge >= 0.3 is 0 Å². The van der Waals surface area contributed by atoms with Crippen LogP contribution in [0.25, 0.3) is 27.5 Å². The predicted octanol–water partition coefficient (Wildman–Crippen LogP) is 6.63. The molecular formula is C24H21N. The number of fused-ring (bicyclic) bond motifs is 1. The van der Waals surface area contributed by atoms with E-state index in [4.69, 9.17) is 5.41 Å². The van der Waals surface area contributed by atoms with E-state index in [1.165, 1.54) is 39.4 Å². The number of hydrogen-bond donors (Lipinski definition) is 1. The fourth-order valence-corrected chi connectivity index (χ4v) is 3.78. The fourth-order valence-electron chi connectivity index (χ4n) is 3.78. The maximum Gasteiger partial charge on any atom is 0.0262 e. The van der Waals surface area contributed by atoms with Gasteiger partial charge in [-0.25, -0.2) is 0 Å². The summed E-state index contributed by atoms with van der Waals surface area (Å²) in [6.07, 6.45) is 4.79. The second-order valence-corrected chi connectivity index (χ2v) is 6.63. The second kappa shape index (κ2) is 6.18. The summed E-state index contributed by atoms with van der Waals surface area (Å²) in [6.45, 7) is 4.40. The molecule has 0 fully saturated rings. The van der Waals surface area contributed by atoms with Crippen molar-refractivity contribution in [3.8, 4) is 11.1 Å². The van der Waals surface area contributed by atoms with Crippen molar-refractivity contribution in [2.45, 2.75) is 20.3 Å². The molecule has 4 rings (SSSR count). The molecule has 3 aromatic rings. The lowest BCUT2D eigenvalue weighted by atomic mass is 9.88. The largest absolute Gasteiger partial charge is 0.308 e. The number of rotatable bonds is 3. The van der Waals surface area contributed by atoms with Crippen molar-refractivity contribution < 1.29 is 0 Å². The van der Waals surface area contributed by atoms with Gasteiger partial charge in [-0.3, -0.25) is 0 Å². The normalized spacial score (nSPS) is 14.1. The van der Waals surface area contributed by atoms with Crippen LogP contribution in [-0.4, -0.2) is 6.21 Å². The third-order valence-corrected chi connectivity index (χ3v) is 5.31. The average molecular weight is 323 g/mol. The molecular weight excluding hydrogens is 302 g/mol. The van der Waals surface area contributed by atoms with Gasteiger partial charge in [0.25, 0.3) is 0 Å². The Kier molecular flexibility index (Phi) is 3.85. The van der Waals surface area contributed by atoms with E-state index >= 15 is 0 Å². The molecule has 0 amide bonds. The maximum absolute atomic E-state index is 8.02. The lowest BCUT2D eigenvalue weighted by Gasteiger charge is -2.16. The van der Waals surface area contributed by atoms with Gasteiger partial charge in [0.05, 0.1) is 0 Å². The summed E-state index contributed by atoms with van der Waals surface area (Å²) < 4.78 is 0. The van der Waals surface area contributed by atoms with Crippen molar-refractivity contribution in [3.05, 3.63) is 89.0 Å². The van der Waals surface area contributed by atoms with E-state index in [0.29, 0.717) is 0 Å². The Bertz CT molecular complexity index is 1050. The van der Waals surface area contributed by atoms with Crippen molar-refractivity contribution in [1.82, 2.24) is 0 Å². The van der Waals surface area contributed by atoms with Gasteiger partial charge in [-0.2, -0.15) is 0 Å². The van der Waals surface area contributed by atoms with Gasteiger partial charge in [0.1, 0.15) is 0 Å². The first kappa shape index (κ1) is 15.6. The summed E-state index contributed by atoms with van der Waals surface area (Å²) in [5.41, 5.74) is 8.77. The van der Waals surface area contributed by atoms with Crippen LogP contribution < -0.4 is 0 Å². The molecule has 3 aromatic carbocycles. The lowest BCUT2D eigenvalue weighted by molar-refractivity contribution is 1.38. The summed E-state index contributed by atoms with van der Waals surface area (Å²) in [5.74, 6) is 0. The van der Waals surface area contributed by atoms with Crippen molar-refractivity contribution >= 4 is 22.6 Å². The molecule has 0 saturated carbocycles. The van der Waals surface area contributed by atoms with Crippen molar-refractivity contribution in [1.29, 1.82) is 5.41 Å². The molecule has 0 unspecified atom stereocenters. The number of hydrogen-bond acceptors (Lipinski definition) is 1. The van der Waals surface area contributed by atoms with Crippen LogP contribution in [0.4, 0.5) is 0 Å². The van der Waals surface area contributed by atoms with Gasteiger partial charge in [0, 0.05) is 11.8 Å². The first-order valence-electron chi connectivity index (χ1n) is 8.69. The summed E-state index contributed by atoms with van der Waals surface area (Å²) in [4.78, 5) is 0. The van der Waals surface area contributed by atoms with Crippen molar-refractivity contribution in [2.24, 2.45) is 0 Å². The van der Waals surface area contributed by atoms with Crippen LogP contribution in [0.15, 0.2) is 77.9 Å². The third kappa shape index (κ3) is 2.53. The van der Waals surface area contributed by atoms with E-state index in [0.717, 1.165) is 22.9 Å². The molecule has 0 spiro atoms. The van der Waals surface area contributed by atoms with Gasteiger partial charge < -0.3 is 5.41 Å². The molecule has 25 heavy (non-hydrogen) atoms. The van der Waals surface area contributed by atoms with Gasteiger partial charge in [-0.15, -0.1) is 0 Å². The smallest absolute Gasteiger partial charge is 0.0262 e. The number of allylic oxidation sites excluding steroid dienone is 4. The Morgan fingerprint density at radius 2 is 1.52 bits per heavy atom. The summed E-state index contributed by atoms with van der Waals surface area (Å²) in [5, 5.41) is 10.3. The molecule has 1 N–H and O–H groups in total. The van der Waals surface area contributed by atoms with Gasteiger partial charge in [-0.1, -0.05) is 72.3 Å². The molecule has 1 nitrogen and oxygen atoms in total. The third-order valence-electron chi connectivity index (χ3n) is 5.31. The minimum atomic E-state index is 0.988. The van der Waals surface area contributed by atoms with Crippen LogP contribution in [0.2, 0.25) is 0 Å². The first-order valence-corrected chi connectivity index (χ1v) is 8.69. The highest BCUT2D eigenvalue weighted by atomic mass is 14.3. The van der Waals surface area contributed by atoms with E-state index in [1.807, 2.05) is 12.1 Å². The Labute approximate surface area is 148 Å². The molecule has 0 atom stereocenters. The SMILES string of the molecule is CC1=CCC(c2ccccc2-c2ccc3ccccc3c2C=N)=C1C. The zero-order valence-electron chi connectivity index (χ0n) is 14.6. The number of benzene rings is 3. The predicted molar refractivity (Wildman–Crippen MR) is 108 cm³/mol. The Hall–Kier alpha value is -2.93. The van der Waals surface area contributed by atoms with E-state index < -0.39 is 0 Å². The van der Waals surface area contributed by atoms with Gasteiger partial charge in [-0.05, 0) is 58.9 Å². The van der Waals surface area contributed by atoms with E-state index in [-0.39, 0.29) is 0 Å². The highest BCUT2D eigenvalue weighted by Gasteiger charge is 2.17. The van der Waals surface area contributed by atoms with E-state index in [9.17, 15) is 0 Å². The van der Waals surface area contributed by atoms with Crippen LogP contribution in [0, 0.1) is 5.41 Å². The van der Waals surface area contributed by atoms with Crippen LogP contribution >= 0.6 is 0 Å². The molecule has 0 aliphatic heterocycles. The van der Waals surface area contributed by atoms with Gasteiger partial charge in [0.2, 0.25) is 0 Å². The second-order valence-electron chi connectivity index (χ2n) is 6.63. The van der Waals surface area contributed by atoms with Crippen LogP contribution in [-0.2, 0) is 0 Å². The lowest BCUT2D eigenvalue weighted by Crippen LogP contribution is -1.95. The molecule has 122 valence electrons. The molecule has 0 radical (unpaired) electrons. The van der Waals surface area contributed by atoms with Crippen molar-refractivity contribution in [2.75, 3.05) is 0 Å². The Balaban J connectivity index is 1.99. The zero-order valence-corrected chi connectivity index (χ0v) is 14.6. The Morgan fingerprint density at radius 3 is 2.24 bits per heavy atom. The monoisotopic (exact) mass is 323 g/mol. The maximum atomic E-state index is 8.02. The minimum Gasteiger partial charge on any atom is -0.308 e. The molecule has 0 aromatic heterocycles. The molecule has 0 saturated heterocycles. The summed E-state index contributed by atoms with van der Waals surface area (Å²) >= 11 is 0. The van der Waals surface area contributed by atoms with E-state index in [2.05, 4.69) is 68.5 Å². The van der Waals surface area contributed by atoms with Crippen LogP contribution in [0.1, 0.15) is 31.4 Å². The molecule has 1 aliphatic rings. The first-order chi connectivity index (χ1) is 12.2. The quantitative estimate of drug-likeness (QED) is 0.523. The standard InChI is InChI=1S/C24H21N/c1-16-11-13-19(17(16)2)21-9-5-6-10-22(21)23-14-12-18-7-3-4-8-20(18)24(23)15-25/h3-12,14-15,25H,13H2,1-2H3. The minimum absolute atomic E-state index is 0.988. The Morgan fingerprint density at radius 1 is 0.800 bits per heavy atom. The number of nitrogens with one attached hydrogen (secondary N) is 1. The van der Waals surface area contributed by atoms with Crippen LogP contribution in [0.3, 0.4) is 0 Å². The molecule has 0 bridgehead atoms. The van der Waals surface area contributed by atoms with Crippen LogP contribution in [0.5, 0.6) is 0 Å². The van der Waals surface area contributed by atoms with E-state index in [1.54, 1.807) is 0 Å². The average Bonchev–Trinajstić information content (AvgIpc) is 2.99. The zero-order chi connectivity index (χ0) is 17.4. The highest BCUT2D eigenvalue weighted by Crippen LogP contribution is 2.39. The summed E-state index contributed by atoms with van der Waals surface area (Å²) in [7, 11) is 0. The molecule has 1 heteroatoms. The topological polar surface area (TPSA) is 23.9 Å². The highest BCUT2D eigenvalue weighted by molar-refractivity contribution is 6.06. The summed E-state index contributed by atoms with van der Waals surface area (Å²) in [6, 6.07) is 21.2. The molecule has 1 aliphatic carbocycles.